The standard InChI is InChI=1S/C38H26B2O4/c39-34-33(36(41)38(43)37(42)35(34)40)32-24-13-6-4-11-22(24)30(23-12-5-7-14-25(23)32)27-15-8-16-28-31(27)26-18-17-21(19-29(26)44-28)20-9-2-1-3-10-20/h1-19,41-43H,39-40H2. The summed E-state index contributed by atoms with van der Waals surface area (Å²) in [6.45, 7) is 0. The van der Waals surface area contributed by atoms with Crippen molar-refractivity contribution in [2.45, 2.75) is 0 Å². The normalized spacial score (nSPS) is 11.6. The Morgan fingerprint density at radius 2 is 1.05 bits per heavy atom. The Balaban J connectivity index is 1.49. The molecule has 208 valence electrons. The Morgan fingerprint density at radius 3 is 1.70 bits per heavy atom. The molecule has 7 aromatic carbocycles. The molecule has 0 amide bonds. The summed E-state index contributed by atoms with van der Waals surface area (Å²) in [7, 11) is 3.61. The molecule has 8 aromatic rings. The van der Waals surface area contributed by atoms with E-state index in [2.05, 4.69) is 60.7 Å². The van der Waals surface area contributed by atoms with Crippen LogP contribution in [0.5, 0.6) is 17.2 Å². The lowest BCUT2D eigenvalue weighted by molar-refractivity contribution is 0.371. The lowest BCUT2D eigenvalue weighted by Gasteiger charge is -2.21. The van der Waals surface area contributed by atoms with Crippen molar-refractivity contribution < 1.29 is 19.7 Å². The number of benzene rings is 7. The molecular formula is C38H26B2O4. The SMILES string of the molecule is Bc1c(B)c(-c2c3ccccc3c(-c3cccc4oc5cc(-c6ccccc6)ccc5c34)c3ccccc23)c(O)c(O)c1O. The summed E-state index contributed by atoms with van der Waals surface area (Å²) in [6.07, 6.45) is 0. The fourth-order valence-corrected chi connectivity index (χ4v) is 6.79. The Hall–Kier alpha value is -5.61. The highest BCUT2D eigenvalue weighted by atomic mass is 16.3. The van der Waals surface area contributed by atoms with Crippen LogP contribution in [-0.4, -0.2) is 31.0 Å². The molecule has 0 atom stereocenters. The molecule has 0 bridgehead atoms. The summed E-state index contributed by atoms with van der Waals surface area (Å²) in [4.78, 5) is 0. The molecule has 0 saturated carbocycles. The van der Waals surface area contributed by atoms with Gasteiger partial charge in [-0.15, -0.1) is 0 Å². The monoisotopic (exact) mass is 568 g/mol. The van der Waals surface area contributed by atoms with Crippen LogP contribution >= 0.6 is 0 Å². The van der Waals surface area contributed by atoms with Crippen molar-refractivity contribution in [2.24, 2.45) is 0 Å². The molecule has 0 saturated heterocycles. The van der Waals surface area contributed by atoms with E-state index in [1.54, 1.807) is 7.85 Å². The van der Waals surface area contributed by atoms with Crippen LogP contribution in [0.3, 0.4) is 0 Å². The van der Waals surface area contributed by atoms with Crippen LogP contribution in [0.2, 0.25) is 0 Å². The number of hydrogen-bond donors (Lipinski definition) is 3. The third-order valence-electron chi connectivity index (χ3n) is 9.03. The van der Waals surface area contributed by atoms with E-state index in [1.165, 1.54) is 0 Å². The van der Waals surface area contributed by atoms with Gasteiger partial charge in [0, 0.05) is 21.9 Å². The molecule has 0 aliphatic heterocycles. The van der Waals surface area contributed by atoms with Crippen molar-refractivity contribution in [3.05, 3.63) is 115 Å². The molecular weight excluding hydrogens is 542 g/mol. The van der Waals surface area contributed by atoms with Crippen molar-refractivity contribution in [3.8, 4) is 50.6 Å². The van der Waals surface area contributed by atoms with Gasteiger partial charge in [0.1, 0.15) is 26.9 Å². The molecule has 0 fully saturated rings. The smallest absolute Gasteiger partial charge is 0.200 e. The van der Waals surface area contributed by atoms with E-state index < -0.39 is 5.75 Å². The molecule has 0 radical (unpaired) electrons. The number of phenols is 3. The molecule has 44 heavy (non-hydrogen) atoms. The largest absolute Gasteiger partial charge is 0.505 e. The summed E-state index contributed by atoms with van der Waals surface area (Å²) in [5.41, 5.74) is 8.55. The minimum atomic E-state index is -0.509. The maximum atomic E-state index is 11.3. The fraction of sp³-hybridized carbons (Fsp3) is 0. The zero-order valence-electron chi connectivity index (χ0n) is 24.2. The van der Waals surface area contributed by atoms with Gasteiger partial charge in [-0.2, -0.15) is 0 Å². The number of fused-ring (bicyclic) bond motifs is 5. The van der Waals surface area contributed by atoms with Crippen LogP contribution in [-0.2, 0) is 0 Å². The summed E-state index contributed by atoms with van der Waals surface area (Å²) in [5, 5.41) is 38.4. The third kappa shape index (κ3) is 3.67. The van der Waals surface area contributed by atoms with E-state index in [4.69, 9.17) is 4.42 Å². The second kappa shape index (κ2) is 9.71. The molecule has 0 unspecified atom stereocenters. The average Bonchev–Trinajstić information content (AvgIpc) is 3.45. The van der Waals surface area contributed by atoms with E-state index in [9.17, 15) is 15.3 Å². The Bertz CT molecular complexity index is 2360. The lowest BCUT2D eigenvalue weighted by atomic mass is 9.73. The molecule has 4 nitrogen and oxygen atoms in total. The van der Waals surface area contributed by atoms with E-state index in [0.29, 0.717) is 16.5 Å². The Morgan fingerprint density at radius 1 is 0.432 bits per heavy atom. The zero-order chi connectivity index (χ0) is 30.1. The molecule has 0 aliphatic rings. The van der Waals surface area contributed by atoms with Gasteiger partial charge in [0.15, 0.2) is 17.2 Å². The van der Waals surface area contributed by atoms with Crippen LogP contribution in [0, 0.1) is 0 Å². The maximum Gasteiger partial charge on any atom is 0.200 e. The lowest BCUT2D eigenvalue weighted by Crippen LogP contribution is -2.28. The van der Waals surface area contributed by atoms with Gasteiger partial charge in [-0.05, 0) is 67.5 Å². The summed E-state index contributed by atoms with van der Waals surface area (Å²) in [5.74, 6) is -1.14. The van der Waals surface area contributed by atoms with Crippen molar-refractivity contribution in [1.29, 1.82) is 0 Å². The summed E-state index contributed by atoms with van der Waals surface area (Å²) < 4.78 is 6.48. The highest BCUT2D eigenvalue weighted by molar-refractivity contribution is 6.53. The first-order valence-electron chi connectivity index (χ1n) is 14.6. The van der Waals surface area contributed by atoms with Gasteiger partial charge in [-0.3, -0.25) is 0 Å². The molecule has 3 N–H and O–H groups in total. The number of phenolic OH excluding ortho intramolecular Hbond substituents is 3. The first-order valence-corrected chi connectivity index (χ1v) is 14.6. The van der Waals surface area contributed by atoms with Gasteiger partial charge in [0.05, 0.1) is 0 Å². The van der Waals surface area contributed by atoms with Crippen LogP contribution in [0.25, 0.3) is 76.9 Å². The van der Waals surface area contributed by atoms with Crippen LogP contribution in [0.1, 0.15) is 0 Å². The van der Waals surface area contributed by atoms with Crippen molar-refractivity contribution in [2.75, 3.05) is 0 Å². The molecule has 0 spiro atoms. The minimum Gasteiger partial charge on any atom is -0.505 e. The van der Waals surface area contributed by atoms with Gasteiger partial charge in [0.25, 0.3) is 0 Å². The topological polar surface area (TPSA) is 73.8 Å². The number of hydrogen-bond acceptors (Lipinski definition) is 4. The highest BCUT2D eigenvalue weighted by Crippen LogP contribution is 2.49. The number of furan rings is 1. The van der Waals surface area contributed by atoms with Gasteiger partial charge in [-0.1, -0.05) is 103 Å². The summed E-state index contributed by atoms with van der Waals surface area (Å²) >= 11 is 0. The fourth-order valence-electron chi connectivity index (χ4n) is 6.79. The van der Waals surface area contributed by atoms with Crippen molar-refractivity contribution >= 4 is 70.1 Å². The van der Waals surface area contributed by atoms with Crippen LogP contribution in [0.4, 0.5) is 0 Å². The van der Waals surface area contributed by atoms with Crippen molar-refractivity contribution in [3.63, 3.8) is 0 Å². The second-order valence-corrected chi connectivity index (χ2v) is 11.4. The van der Waals surface area contributed by atoms with E-state index in [0.717, 1.165) is 71.3 Å². The molecule has 6 heteroatoms. The van der Waals surface area contributed by atoms with Gasteiger partial charge in [-0.25, -0.2) is 0 Å². The minimum absolute atomic E-state index is 0.303. The summed E-state index contributed by atoms with van der Waals surface area (Å²) in [6, 6.07) is 39.3. The van der Waals surface area contributed by atoms with Gasteiger partial charge >= 0.3 is 0 Å². The molecule has 1 aromatic heterocycles. The van der Waals surface area contributed by atoms with Crippen LogP contribution < -0.4 is 10.9 Å². The molecule has 0 aliphatic carbocycles. The average molecular weight is 568 g/mol. The van der Waals surface area contributed by atoms with Crippen LogP contribution in [0.15, 0.2) is 120 Å². The number of rotatable bonds is 3. The number of aromatic hydroxyl groups is 3. The van der Waals surface area contributed by atoms with Gasteiger partial charge in [0.2, 0.25) is 0 Å². The predicted molar refractivity (Wildman–Crippen MR) is 186 cm³/mol. The Kier molecular flexibility index (Phi) is 5.75. The first-order chi connectivity index (χ1) is 21.4. The zero-order valence-corrected chi connectivity index (χ0v) is 24.2. The van der Waals surface area contributed by atoms with E-state index in [-0.39, 0.29) is 11.5 Å². The van der Waals surface area contributed by atoms with E-state index >= 15 is 0 Å². The van der Waals surface area contributed by atoms with Crippen molar-refractivity contribution in [1.82, 2.24) is 0 Å². The van der Waals surface area contributed by atoms with E-state index in [1.807, 2.05) is 62.4 Å². The second-order valence-electron chi connectivity index (χ2n) is 11.4. The van der Waals surface area contributed by atoms with Gasteiger partial charge < -0.3 is 19.7 Å². The maximum absolute atomic E-state index is 11.3. The Labute approximate surface area is 255 Å². The predicted octanol–water partition coefficient (Wildman–Crippen LogP) is 6.53. The first kappa shape index (κ1) is 26.0. The highest BCUT2D eigenvalue weighted by Gasteiger charge is 2.25. The molecule has 8 rings (SSSR count). The molecule has 1 heterocycles. The quantitative estimate of drug-likeness (QED) is 0.129. The third-order valence-corrected chi connectivity index (χ3v) is 9.03.